The lowest BCUT2D eigenvalue weighted by Gasteiger charge is -2.28. The highest BCUT2D eigenvalue weighted by atomic mass is 16.6. The molecular weight excluding hydrogens is 468 g/mol. The summed E-state index contributed by atoms with van der Waals surface area (Å²) < 4.78 is 21.9. The number of carbonyl (C=O) groups is 4. The van der Waals surface area contributed by atoms with Crippen molar-refractivity contribution in [2.75, 3.05) is 13.2 Å². The molecule has 0 aromatic heterocycles. The Balaban J connectivity index is 2.35. The summed E-state index contributed by atoms with van der Waals surface area (Å²) in [5, 5.41) is 9.38. The van der Waals surface area contributed by atoms with E-state index in [0.29, 0.717) is 17.6 Å². The second-order valence-corrected chi connectivity index (χ2v) is 8.82. The van der Waals surface area contributed by atoms with E-state index in [1.54, 1.807) is 32.9 Å². The van der Waals surface area contributed by atoms with Crippen molar-refractivity contribution in [3.8, 4) is 0 Å². The number of hydrogen-bond donors (Lipinski definition) is 1. The number of hydrogen-bond acceptors (Lipinski definition) is 9. The molecule has 1 aliphatic heterocycles. The standard InChI is InChI=1S/C27H34O9/c1-7-16(3)25(30)33-14-20(10-11-28)27(32)36-22-12-15(2)8-9-21(34-19(6)29)17(4)13-23-24(22)18(5)26(31)35-23/h7-8,10,13,21-24,28H,5,9,11-12,14H2,1-4,6H3/b15-8+,16-7+,17-13-,20-10+/t21-,22-,23+,24-/m1/s1. The Kier molecular flexibility index (Phi) is 10.4. The molecule has 0 saturated carbocycles. The fourth-order valence-corrected chi connectivity index (χ4v) is 3.92. The molecule has 1 heterocycles. The predicted octanol–water partition coefficient (Wildman–Crippen LogP) is 3.04. The second-order valence-electron chi connectivity index (χ2n) is 8.82. The first-order chi connectivity index (χ1) is 17.0. The summed E-state index contributed by atoms with van der Waals surface area (Å²) in [6.07, 6.45) is 4.88. The molecule has 0 amide bonds. The molecule has 36 heavy (non-hydrogen) atoms. The first kappa shape index (κ1) is 28.8. The highest BCUT2D eigenvalue weighted by Crippen LogP contribution is 2.36. The molecule has 196 valence electrons. The Hall–Kier alpha value is -3.46. The smallest absolute Gasteiger partial charge is 0.337 e. The van der Waals surface area contributed by atoms with Crippen molar-refractivity contribution in [3.63, 3.8) is 0 Å². The number of esters is 4. The third-order valence-corrected chi connectivity index (χ3v) is 6.08. The van der Waals surface area contributed by atoms with Gasteiger partial charge in [0.05, 0.1) is 18.1 Å². The SMILES string of the molecule is C=C1C(=O)O[C@H]2/C=C(/C)[C@H](OC(C)=O)C/C=C(\C)C[C@@H](OC(=O)/C(=C/CO)COC(=O)/C(C)=C/C)[C@@H]12. The average molecular weight is 503 g/mol. The van der Waals surface area contributed by atoms with Gasteiger partial charge in [0.1, 0.15) is 24.9 Å². The molecule has 1 fully saturated rings. The van der Waals surface area contributed by atoms with Gasteiger partial charge in [-0.3, -0.25) is 4.79 Å². The Bertz CT molecular complexity index is 1030. The van der Waals surface area contributed by atoms with Gasteiger partial charge in [-0.25, -0.2) is 14.4 Å². The maximum Gasteiger partial charge on any atom is 0.337 e. The maximum absolute atomic E-state index is 13.1. The van der Waals surface area contributed by atoms with E-state index in [2.05, 4.69) is 6.58 Å². The van der Waals surface area contributed by atoms with Gasteiger partial charge in [0.15, 0.2) is 0 Å². The van der Waals surface area contributed by atoms with Crippen LogP contribution in [0.25, 0.3) is 0 Å². The lowest BCUT2D eigenvalue weighted by molar-refractivity contribution is -0.149. The zero-order chi connectivity index (χ0) is 27.0. The molecule has 0 bridgehead atoms. The van der Waals surface area contributed by atoms with Gasteiger partial charge in [-0.05, 0) is 45.4 Å². The molecule has 0 radical (unpaired) electrons. The van der Waals surface area contributed by atoms with Crippen molar-refractivity contribution < 1.29 is 43.2 Å². The number of aliphatic hydroxyl groups is 1. The molecule has 0 aromatic rings. The molecule has 4 atom stereocenters. The number of aliphatic hydroxyl groups excluding tert-OH is 1. The molecule has 1 aliphatic carbocycles. The summed E-state index contributed by atoms with van der Waals surface area (Å²) in [5.74, 6) is -3.13. The van der Waals surface area contributed by atoms with E-state index in [9.17, 15) is 24.3 Å². The van der Waals surface area contributed by atoms with Crippen molar-refractivity contribution in [1.29, 1.82) is 0 Å². The number of fused-ring (bicyclic) bond motifs is 1. The summed E-state index contributed by atoms with van der Waals surface area (Å²) >= 11 is 0. The molecule has 2 aliphatic rings. The third-order valence-electron chi connectivity index (χ3n) is 6.08. The first-order valence-electron chi connectivity index (χ1n) is 11.7. The van der Waals surface area contributed by atoms with E-state index < -0.39 is 61.3 Å². The van der Waals surface area contributed by atoms with Gasteiger partial charge in [-0.2, -0.15) is 0 Å². The van der Waals surface area contributed by atoms with E-state index in [4.69, 9.17) is 18.9 Å². The van der Waals surface area contributed by atoms with E-state index in [-0.39, 0.29) is 17.6 Å². The van der Waals surface area contributed by atoms with Crippen LogP contribution in [0.2, 0.25) is 0 Å². The van der Waals surface area contributed by atoms with Crippen molar-refractivity contribution in [3.05, 3.63) is 58.7 Å². The van der Waals surface area contributed by atoms with Crippen molar-refractivity contribution >= 4 is 23.9 Å². The van der Waals surface area contributed by atoms with Crippen LogP contribution in [0.3, 0.4) is 0 Å². The number of ether oxygens (including phenoxy) is 4. The lowest BCUT2D eigenvalue weighted by atomic mass is 9.85. The molecule has 1 N–H and O–H groups in total. The van der Waals surface area contributed by atoms with Crippen molar-refractivity contribution in [2.45, 2.75) is 65.8 Å². The Morgan fingerprint density at radius 3 is 2.50 bits per heavy atom. The third kappa shape index (κ3) is 7.52. The minimum absolute atomic E-state index is 0.0393. The van der Waals surface area contributed by atoms with E-state index in [0.717, 1.165) is 5.57 Å². The molecular formula is C27H34O9. The molecule has 2 rings (SSSR count). The van der Waals surface area contributed by atoms with Crippen molar-refractivity contribution in [1.82, 2.24) is 0 Å². The van der Waals surface area contributed by atoms with E-state index >= 15 is 0 Å². The quantitative estimate of drug-likeness (QED) is 0.242. The molecule has 0 unspecified atom stereocenters. The van der Waals surface area contributed by atoms with Crippen LogP contribution in [-0.2, 0) is 38.1 Å². The van der Waals surface area contributed by atoms with Gasteiger partial charge in [0.2, 0.25) is 0 Å². The largest absolute Gasteiger partial charge is 0.458 e. The lowest BCUT2D eigenvalue weighted by Crippen LogP contribution is -2.35. The highest BCUT2D eigenvalue weighted by Gasteiger charge is 2.45. The van der Waals surface area contributed by atoms with E-state index in [1.807, 2.05) is 13.0 Å². The van der Waals surface area contributed by atoms with Gasteiger partial charge in [0.25, 0.3) is 0 Å². The monoisotopic (exact) mass is 502 g/mol. The first-order valence-corrected chi connectivity index (χ1v) is 11.7. The minimum atomic E-state index is -0.831. The number of rotatable bonds is 7. The summed E-state index contributed by atoms with van der Waals surface area (Å²) in [6.45, 7) is 11.2. The summed E-state index contributed by atoms with van der Waals surface area (Å²) in [7, 11) is 0. The van der Waals surface area contributed by atoms with Gasteiger partial charge < -0.3 is 24.1 Å². The van der Waals surface area contributed by atoms with Crippen molar-refractivity contribution in [2.24, 2.45) is 5.92 Å². The van der Waals surface area contributed by atoms with Gasteiger partial charge in [-0.1, -0.05) is 24.3 Å². The van der Waals surface area contributed by atoms with Crippen LogP contribution in [0.15, 0.2) is 58.7 Å². The molecule has 0 aromatic carbocycles. The Morgan fingerprint density at radius 1 is 1.19 bits per heavy atom. The Morgan fingerprint density at radius 2 is 1.89 bits per heavy atom. The normalized spacial score (nSPS) is 28.1. The second kappa shape index (κ2) is 13.0. The predicted molar refractivity (Wildman–Crippen MR) is 130 cm³/mol. The summed E-state index contributed by atoms with van der Waals surface area (Å²) in [4.78, 5) is 49.1. The zero-order valence-electron chi connectivity index (χ0n) is 21.4. The van der Waals surface area contributed by atoms with Crippen LogP contribution in [0.1, 0.15) is 47.5 Å². The summed E-state index contributed by atoms with van der Waals surface area (Å²) in [5.41, 5.74) is 2.01. The average Bonchev–Trinajstić information content (AvgIpc) is 3.09. The van der Waals surface area contributed by atoms with E-state index in [1.165, 1.54) is 13.0 Å². The van der Waals surface area contributed by atoms with Gasteiger partial charge in [0, 0.05) is 30.9 Å². The van der Waals surface area contributed by atoms with Crippen LogP contribution in [0.5, 0.6) is 0 Å². The van der Waals surface area contributed by atoms with Crippen LogP contribution in [0.4, 0.5) is 0 Å². The number of carbonyl (C=O) groups excluding carboxylic acids is 4. The molecule has 1 saturated heterocycles. The molecule has 9 nitrogen and oxygen atoms in total. The summed E-state index contributed by atoms with van der Waals surface area (Å²) in [6, 6.07) is 0. The maximum atomic E-state index is 13.1. The minimum Gasteiger partial charge on any atom is -0.458 e. The van der Waals surface area contributed by atoms with Crippen LogP contribution in [0, 0.1) is 5.92 Å². The molecule has 9 heteroatoms. The number of allylic oxidation sites excluding steroid dienone is 1. The van der Waals surface area contributed by atoms with Crippen LogP contribution in [-0.4, -0.2) is 60.5 Å². The fourth-order valence-electron chi connectivity index (χ4n) is 3.92. The zero-order valence-corrected chi connectivity index (χ0v) is 21.4. The topological polar surface area (TPSA) is 125 Å². The van der Waals surface area contributed by atoms with Gasteiger partial charge >= 0.3 is 23.9 Å². The fraction of sp³-hybridized carbons (Fsp3) is 0.481. The Labute approximate surface area is 211 Å². The van der Waals surface area contributed by atoms with Crippen LogP contribution >= 0.6 is 0 Å². The van der Waals surface area contributed by atoms with Gasteiger partial charge in [-0.15, -0.1) is 0 Å². The van der Waals surface area contributed by atoms with Crippen LogP contribution < -0.4 is 0 Å². The molecule has 0 spiro atoms. The highest BCUT2D eigenvalue weighted by molar-refractivity contribution is 5.93.